The van der Waals surface area contributed by atoms with E-state index in [2.05, 4.69) is 30.5 Å². The molecule has 1 saturated heterocycles. The summed E-state index contributed by atoms with van der Waals surface area (Å²) in [6.45, 7) is 2.44. The van der Waals surface area contributed by atoms with Crippen LogP contribution in [0.3, 0.4) is 0 Å². The largest absolute Gasteiger partial charge is 0.334 e. The molecule has 2 N–H and O–H groups in total. The molecule has 0 bridgehead atoms. The average molecular weight is 359 g/mol. The highest BCUT2D eigenvalue weighted by Crippen LogP contribution is 2.40. The smallest absolute Gasteiger partial charge is 0.257 e. The Bertz CT molecular complexity index is 819. The number of rotatable bonds is 5. The Morgan fingerprint density at radius 1 is 1.38 bits per heavy atom. The van der Waals surface area contributed by atoms with E-state index < -0.39 is 6.17 Å². The average Bonchev–Trinajstić information content (AvgIpc) is 3.22. The van der Waals surface area contributed by atoms with Crippen molar-refractivity contribution in [1.29, 1.82) is 0 Å². The predicted octanol–water partition coefficient (Wildman–Crippen LogP) is 1.43. The maximum absolute atomic E-state index is 13.3. The van der Waals surface area contributed by atoms with Crippen LogP contribution in [-0.2, 0) is 6.54 Å². The topological polar surface area (TPSA) is 99.7 Å². The molecule has 2 atom stereocenters. The molecule has 138 valence electrons. The van der Waals surface area contributed by atoms with Crippen LogP contribution in [0.25, 0.3) is 0 Å². The summed E-state index contributed by atoms with van der Waals surface area (Å²) in [4.78, 5) is 27.5. The van der Waals surface area contributed by atoms with Crippen molar-refractivity contribution in [3.8, 4) is 0 Å². The van der Waals surface area contributed by atoms with Gasteiger partial charge in [-0.25, -0.2) is 19.3 Å². The Hall–Kier alpha value is -2.42. The van der Waals surface area contributed by atoms with Crippen LogP contribution in [0.15, 0.2) is 6.20 Å². The lowest BCUT2D eigenvalue weighted by Crippen LogP contribution is -2.28. The number of carbonyl (C=O) groups is 1. The molecular formula is C17H22FN7O. The van der Waals surface area contributed by atoms with E-state index in [1.165, 1.54) is 0 Å². The quantitative estimate of drug-likeness (QED) is 0.838. The number of hydrogen-bond donors (Lipinski definition) is 2. The van der Waals surface area contributed by atoms with Crippen molar-refractivity contribution in [3.05, 3.63) is 34.9 Å². The maximum atomic E-state index is 13.3. The van der Waals surface area contributed by atoms with Gasteiger partial charge in [0.25, 0.3) is 5.91 Å². The summed E-state index contributed by atoms with van der Waals surface area (Å²) in [5.41, 5.74) is 1.40. The van der Waals surface area contributed by atoms with Crippen LogP contribution in [-0.4, -0.2) is 55.7 Å². The van der Waals surface area contributed by atoms with E-state index in [1.807, 2.05) is 6.92 Å². The van der Waals surface area contributed by atoms with Gasteiger partial charge in [-0.05, 0) is 19.8 Å². The van der Waals surface area contributed by atoms with Gasteiger partial charge in [-0.3, -0.25) is 9.89 Å². The molecule has 1 aliphatic carbocycles. The van der Waals surface area contributed by atoms with E-state index in [0.717, 1.165) is 18.5 Å². The van der Waals surface area contributed by atoms with E-state index in [9.17, 15) is 9.18 Å². The molecule has 0 aromatic carbocycles. The Morgan fingerprint density at radius 2 is 2.19 bits per heavy atom. The third-order valence-corrected chi connectivity index (χ3v) is 4.80. The van der Waals surface area contributed by atoms with Gasteiger partial charge in [-0.15, -0.1) is 0 Å². The lowest BCUT2D eigenvalue weighted by molar-refractivity contribution is 0.0779. The summed E-state index contributed by atoms with van der Waals surface area (Å²) in [6, 6.07) is -0.178. The van der Waals surface area contributed by atoms with Crippen molar-refractivity contribution in [2.75, 3.05) is 13.6 Å². The third-order valence-electron chi connectivity index (χ3n) is 4.80. The van der Waals surface area contributed by atoms with Gasteiger partial charge < -0.3 is 10.2 Å². The van der Waals surface area contributed by atoms with Crippen molar-refractivity contribution in [3.63, 3.8) is 0 Å². The summed E-state index contributed by atoms with van der Waals surface area (Å²) in [7, 11) is 1.71. The number of amides is 1. The van der Waals surface area contributed by atoms with Gasteiger partial charge in [0.1, 0.15) is 17.8 Å². The first-order valence-electron chi connectivity index (χ1n) is 8.89. The third kappa shape index (κ3) is 3.44. The molecule has 9 heteroatoms. The molecule has 26 heavy (non-hydrogen) atoms. The molecule has 3 heterocycles. The highest BCUT2D eigenvalue weighted by Gasteiger charge is 2.31. The number of nitrogens with one attached hydrogen (secondary N) is 2. The molecule has 1 amide bonds. The zero-order valence-corrected chi connectivity index (χ0v) is 14.9. The van der Waals surface area contributed by atoms with Crippen molar-refractivity contribution >= 4 is 5.91 Å². The van der Waals surface area contributed by atoms with E-state index >= 15 is 0 Å². The highest BCUT2D eigenvalue weighted by atomic mass is 19.1. The van der Waals surface area contributed by atoms with Gasteiger partial charge in [0.05, 0.1) is 23.8 Å². The van der Waals surface area contributed by atoms with Crippen molar-refractivity contribution in [1.82, 2.24) is 35.4 Å². The molecule has 0 radical (unpaired) electrons. The van der Waals surface area contributed by atoms with Crippen LogP contribution in [0.5, 0.6) is 0 Å². The van der Waals surface area contributed by atoms with Gasteiger partial charge in [-0.1, -0.05) is 0 Å². The standard InChI is InChI=1S/C17H22FN7O/c1-9-19-7-12(15(21-9)10-3-4-10)17(26)25(2)8-14-22-16(24-23-14)13-5-11(18)6-20-13/h7,10-11,13,20H,3-6,8H2,1-2H3,(H,22,23,24)/t11-,13+/m0/s1. The number of halogens is 1. The zero-order valence-electron chi connectivity index (χ0n) is 14.9. The number of carbonyl (C=O) groups excluding carboxylic acids is 1. The second-order valence-electron chi connectivity index (χ2n) is 7.09. The van der Waals surface area contributed by atoms with E-state index in [-0.39, 0.29) is 18.5 Å². The number of H-pyrrole nitrogens is 1. The summed E-state index contributed by atoms with van der Waals surface area (Å²) in [5.74, 6) is 2.02. The SMILES string of the molecule is Cc1ncc(C(=O)N(C)Cc2nc([C@H]3C[C@H](F)CN3)n[nH]2)c(C2CC2)n1. The number of aromatic amines is 1. The zero-order chi connectivity index (χ0) is 18.3. The fourth-order valence-electron chi connectivity index (χ4n) is 3.25. The molecule has 4 rings (SSSR count). The molecular weight excluding hydrogens is 337 g/mol. The first kappa shape index (κ1) is 17.0. The van der Waals surface area contributed by atoms with Crippen molar-refractivity contribution in [2.45, 2.75) is 50.9 Å². The number of nitrogens with zero attached hydrogens (tertiary/aromatic N) is 5. The Labute approximate surface area is 150 Å². The van der Waals surface area contributed by atoms with Gasteiger partial charge in [0.2, 0.25) is 0 Å². The fourth-order valence-corrected chi connectivity index (χ4v) is 3.25. The number of hydrogen-bond acceptors (Lipinski definition) is 6. The molecule has 2 aromatic rings. The fraction of sp³-hybridized carbons (Fsp3) is 0.588. The summed E-state index contributed by atoms with van der Waals surface area (Å²) in [6.07, 6.45) is 3.25. The second-order valence-corrected chi connectivity index (χ2v) is 7.09. The summed E-state index contributed by atoms with van der Waals surface area (Å²) >= 11 is 0. The normalized spacial score (nSPS) is 22.6. The lowest BCUT2D eigenvalue weighted by atomic mass is 10.1. The van der Waals surface area contributed by atoms with Gasteiger partial charge in [0, 0.05) is 32.1 Å². The van der Waals surface area contributed by atoms with Crippen LogP contribution < -0.4 is 5.32 Å². The van der Waals surface area contributed by atoms with Gasteiger partial charge in [0.15, 0.2) is 5.82 Å². The van der Waals surface area contributed by atoms with Crippen LogP contribution >= 0.6 is 0 Å². The van der Waals surface area contributed by atoms with E-state index in [4.69, 9.17) is 0 Å². The lowest BCUT2D eigenvalue weighted by Gasteiger charge is -2.17. The molecule has 1 saturated carbocycles. The molecule has 1 aliphatic heterocycles. The predicted molar refractivity (Wildman–Crippen MR) is 91.2 cm³/mol. The molecule has 2 fully saturated rings. The number of aromatic nitrogens is 5. The molecule has 8 nitrogen and oxygen atoms in total. The second kappa shape index (κ2) is 6.71. The minimum absolute atomic E-state index is 0.132. The summed E-state index contributed by atoms with van der Waals surface area (Å²) < 4.78 is 13.3. The Kier molecular flexibility index (Phi) is 4.39. The van der Waals surface area contributed by atoms with Gasteiger partial charge >= 0.3 is 0 Å². The maximum Gasteiger partial charge on any atom is 0.257 e. The minimum atomic E-state index is -0.867. The molecule has 2 aromatic heterocycles. The van der Waals surface area contributed by atoms with Crippen LogP contribution in [0.2, 0.25) is 0 Å². The van der Waals surface area contributed by atoms with E-state index in [1.54, 1.807) is 18.1 Å². The number of alkyl halides is 1. The first-order valence-corrected chi connectivity index (χ1v) is 8.89. The van der Waals surface area contributed by atoms with E-state index in [0.29, 0.717) is 41.9 Å². The Balaban J connectivity index is 1.46. The Morgan fingerprint density at radius 3 is 2.88 bits per heavy atom. The minimum Gasteiger partial charge on any atom is -0.334 e. The summed E-state index contributed by atoms with van der Waals surface area (Å²) in [5, 5.41) is 10.1. The molecule has 2 aliphatic rings. The van der Waals surface area contributed by atoms with Gasteiger partial charge in [-0.2, -0.15) is 5.10 Å². The first-order chi connectivity index (χ1) is 12.5. The van der Waals surface area contributed by atoms with Crippen LogP contribution in [0, 0.1) is 6.92 Å². The van der Waals surface area contributed by atoms with Crippen LogP contribution in [0.1, 0.15) is 64.7 Å². The highest BCUT2D eigenvalue weighted by molar-refractivity contribution is 5.95. The van der Waals surface area contributed by atoms with Crippen molar-refractivity contribution in [2.24, 2.45) is 0 Å². The van der Waals surface area contributed by atoms with Crippen molar-refractivity contribution < 1.29 is 9.18 Å². The monoisotopic (exact) mass is 359 g/mol. The number of aryl methyl sites for hydroxylation is 1. The molecule has 0 unspecified atom stereocenters. The molecule has 0 spiro atoms. The van der Waals surface area contributed by atoms with Crippen LogP contribution in [0.4, 0.5) is 4.39 Å².